The van der Waals surface area contributed by atoms with Crippen LogP contribution in [0.5, 0.6) is 0 Å². The topological polar surface area (TPSA) is 92.0 Å². The zero-order valence-electron chi connectivity index (χ0n) is 29.4. The fourth-order valence-electron chi connectivity index (χ4n) is 4.98. The molecule has 0 aliphatic heterocycles. The van der Waals surface area contributed by atoms with E-state index in [0.717, 1.165) is 0 Å². The van der Waals surface area contributed by atoms with Gasteiger partial charge in [0.05, 0.1) is 0 Å². The van der Waals surface area contributed by atoms with Crippen LogP contribution in [0.25, 0.3) is 78.2 Å². The molecule has 0 N–H and O–H groups in total. The second kappa shape index (κ2) is 20.9. The highest BCUT2D eigenvalue weighted by atomic mass is 35.6. The maximum atomic E-state index is 6.02. The first-order valence-electron chi connectivity index (χ1n) is 16.9. The third-order valence-electron chi connectivity index (χ3n) is 7.42. The Labute approximate surface area is 355 Å². The summed E-state index contributed by atoms with van der Waals surface area (Å²) < 4.78 is 40.7. The minimum absolute atomic E-state index is 0.685. The molecule has 0 fully saturated rings. The van der Waals surface area contributed by atoms with Crippen molar-refractivity contribution in [1.82, 2.24) is 0 Å². The zero-order valence-corrected chi connectivity index (χ0v) is 34.0. The quantitative estimate of drug-likeness (QED) is 0.140. The molecular formula is C44H30Cl6O7. The van der Waals surface area contributed by atoms with Gasteiger partial charge in [0, 0.05) is 0 Å². The van der Waals surface area contributed by atoms with Crippen molar-refractivity contribution in [3.05, 3.63) is 170 Å². The lowest BCUT2D eigenvalue weighted by Crippen LogP contribution is -1.69. The highest BCUT2D eigenvalue weighted by Crippen LogP contribution is 2.17. The summed E-state index contributed by atoms with van der Waals surface area (Å²) >= 11 is 28.8. The molecule has 57 heavy (non-hydrogen) atoms. The molecule has 7 nitrogen and oxygen atoms in total. The molecule has 14 bridgehead atoms. The molecule has 7 aromatic carbocycles. The van der Waals surface area contributed by atoms with E-state index in [0.29, 0.717) is 78.2 Å². The molecule has 14 aromatic heterocycles. The number of hydrogen-bond acceptors (Lipinski definition) is 7. The molecule has 0 atom stereocenters. The Morgan fingerprint density at radius 2 is 0.228 bits per heavy atom. The predicted molar refractivity (Wildman–Crippen MR) is 234 cm³/mol. The second-order valence-corrected chi connectivity index (χ2v) is 15.5. The molecule has 0 aliphatic rings. The van der Waals surface area contributed by atoms with Crippen LogP contribution in [0.3, 0.4) is 0 Å². The molecular weight excluding hydrogens is 853 g/mol. The highest BCUT2D eigenvalue weighted by Gasteiger charge is 1.95. The molecule has 13 heteroatoms. The third-order valence-corrected chi connectivity index (χ3v) is 7.42. The van der Waals surface area contributed by atoms with Crippen LogP contribution < -0.4 is 0 Å². The summed E-state index contributed by atoms with van der Waals surface area (Å²) in [5.41, 5.74) is 9.59. The number of hydrogen-bond donors (Lipinski definition) is 0. The van der Waals surface area contributed by atoms with Gasteiger partial charge in [-0.05, 0) is 170 Å². The fourth-order valence-corrected chi connectivity index (χ4v) is 4.98. The largest absolute Gasteiger partial charge is 0.457 e. The lowest BCUT2D eigenvalue weighted by molar-refractivity contribution is 0.638. The summed E-state index contributed by atoms with van der Waals surface area (Å²) in [6.07, 6.45) is 0. The van der Waals surface area contributed by atoms with Gasteiger partial charge < -0.3 is 30.9 Å². The van der Waals surface area contributed by atoms with Crippen LogP contribution in [0.2, 0.25) is 0 Å². The Hall–Kier alpha value is -5.12. The Morgan fingerprint density at radius 1 is 0.175 bits per heavy atom. The number of benzene rings is 7. The van der Waals surface area contributed by atoms with Crippen LogP contribution >= 0.6 is 69.6 Å². The smallest absolute Gasteiger partial charge is 0.180 e. The molecule has 0 aliphatic carbocycles. The van der Waals surface area contributed by atoms with Crippen molar-refractivity contribution in [2.75, 3.05) is 0 Å². The van der Waals surface area contributed by atoms with E-state index in [-0.39, 0.29) is 0 Å². The Bertz CT molecular complexity index is 2070. The van der Waals surface area contributed by atoms with Gasteiger partial charge >= 0.3 is 0 Å². The van der Waals surface area contributed by atoms with E-state index in [4.69, 9.17) is 101 Å². The molecule has 0 saturated heterocycles. The van der Waals surface area contributed by atoms with Crippen molar-refractivity contribution in [3.8, 4) is 0 Å². The van der Waals surface area contributed by atoms with Crippen molar-refractivity contribution in [3.63, 3.8) is 0 Å². The molecule has 21 rings (SSSR count). The number of alkyl halides is 6. The minimum atomic E-state index is -0.750. The van der Waals surface area contributed by atoms with Crippen LogP contribution in [-0.2, 0) is 0 Å². The third kappa shape index (κ3) is 14.1. The normalized spacial score (nSPS) is 10.6. The van der Waals surface area contributed by atoms with Crippen LogP contribution in [-0.4, -0.2) is 8.59 Å². The molecule has 21 aromatic rings. The van der Waals surface area contributed by atoms with Crippen molar-refractivity contribution >= 4 is 148 Å². The summed E-state index contributed by atoms with van der Waals surface area (Å²) in [6, 6.07) is 52.1. The maximum absolute atomic E-state index is 6.02. The summed E-state index contributed by atoms with van der Waals surface area (Å²) in [5, 5.41) is 0. The Kier molecular flexibility index (Phi) is 15.2. The molecule has 0 saturated carbocycles. The molecule has 0 radical (unpaired) electrons. The second-order valence-electron chi connectivity index (χ2n) is 11.5. The van der Waals surface area contributed by atoms with Crippen molar-refractivity contribution < 1.29 is 30.9 Å². The van der Waals surface area contributed by atoms with Crippen LogP contribution in [0.15, 0.2) is 201 Å². The van der Waals surface area contributed by atoms with Crippen LogP contribution in [0.1, 0.15) is 0 Å². The maximum Gasteiger partial charge on any atom is 0.180 e. The van der Waals surface area contributed by atoms with Gasteiger partial charge in [-0.25, -0.2) is 0 Å². The van der Waals surface area contributed by atoms with Gasteiger partial charge in [0.1, 0.15) is 78.2 Å². The van der Waals surface area contributed by atoms with E-state index in [1.54, 1.807) is 0 Å². The first-order valence-corrected chi connectivity index (χ1v) is 19.5. The van der Waals surface area contributed by atoms with E-state index in [9.17, 15) is 0 Å². The first kappa shape index (κ1) is 41.5. The predicted octanol–water partition coefficient (Wildman–Crippen LogP) is 17.1. The SMILES string of the molecule is ClC(Cl)Cl.ClC(Cl)Cl.c1cc2ccc1oc1ccc(cc1)oc1ccc(cc1)oc1ccc(cc1)oc1ccc(cc1)oc1ccc(cc1)oc1ccc(cc1)o2. The van der Waals surface area contributed by atoms with Gasteiger partial charge in [-0.3, -0.25) is 0 Å². The average Bonchev–Trinajstić information content (AvgIpc) is 3.19. The van der Waals surface area contributed by atoms with Crippen molar-refractivity contribution in [2.24, 2.45) is 0 Å². The summed E-state index contributed by atoms with van der Waals surface area (Å²) in [6.45, 7) is 0. The van der Waals surface area contributed by atoms with Gasteiger partial charge in [0.15, 0.2) is 8.59 Å². The van der Waals surface area contributed by atoms with E-state index in [2.05, 4.69) is 0 Å². The Morgan fingerprint density at radius 3 is 0.281 bits per heavy atom. The van der Waals surface area contributed by atoms with Crippen molar-refractivity contribution in [2.45, 2.75) is 8.59 Å². The highest BCUT2D eigenvalue weighted by molar-refractivity contribution is 6.63. The van der Waals surface area contributed by atoms with Crippen LogP contribution in [0, 0.1) is 0 Å². The lowest BCUT2D eigenvalue weighted by Gasteiger charge is -1.94. The van der Waals surface area contributed by atoms with Gasteiger partial charge in [-0.2, -0.15) is 0 Å². The molecule has 0 spiro atoms. The molecule has 290 valence electrons. The standard InChI is InChI=1S/C42H28O7.2CHCl3/c1-2-30-4-3-29(1)43-31-5-7-33(8-6-31)45-35-13-15-37(16-14-35)47-39-21-23-41(24-22-39)49-42-27-25-40(26-28-42)48-38-19-17-36(18-20-38)46-34-11-9-32(44-30)10-12-34;2*2-1(3)4/h1-28H;2*1H. The van der Waals surface area contributed by atoms with Crippen LogP contribution in [0.4, 0.5) is 0 Å². The van der Waals surface area contributed by atoms with E-state index in [1.165, 1.54) is 0 Å². The van der Waals surface area contributed by atoms with E-state index in [1.807, 2.05) is 170 Å². The summed E-state index contributed by atoms with van der Waals surface area (Å²) in [7, 11) is 0. The van der Waals surface area contributed by atoms with E-state index < -0.39 is 8.59 Å². The van der Waals surface area contributed by atoms with E-state index >= 15 is 0 Å². The first-order chi connectivity index (χ1) is 27.6. The fraction of sp³-hybridized carbons (Fsp3) is 0.0455. The Balaban J connectivity index is 0.000000630. The number of halogens is 6. The number of rotatable bonds is 0. The molecule has 0 amide bonds. The average molecular weight is 883 g/mol. The van der Waals surface area contributed by atoms with Gasteiger partial charge in [0.25, 0.3) is 0 Å². The van der Waals surface area contributed by atoms with Gasteiger partial charge in [0.2, 0.25) is 0 Å². The molecule has 14 heterocycles. The molecule has 0 unspecified atom stereocenters. The van der Waals surface area contributed by atoms with Gasteiger partial charge in [-0.15, -0.1) is 0 Å². The van der Waals surface area contributed by atoms with Gasteiger partial charge in [-0.1, -0.05) is 69.6 Å². The van der Waals surface area contributed by atoms with Crippen molar-refractivity contribution in [1.29, 1.82) is 0 Å². The monoisotopic (exact) mass is 880 g/mol. The zero-order chi connectivity index (χ0) is 40.0. The minimum Gasteiger partial charge on any atom is -0.457 e. The summed E-state index contributed by atoms with van der Waals surface area (Å²) in [4.78, 5) is 0. The summed E-state index contributed by atoms with van der Waals surface area (Å²) in [5.74, 6) is 0. The lowest BCUT2D eigenvalue weighted by atomic mass is 10.3.